The molecule has 0 aromatic heterocycles. The third-order valence-corrected chi connectivity index (χ3v) is 3.02. The summed E-state index contributed by atoms with van der Waals surface area (Å²) in [6.45, 7) is 4.73. The highest BCUT2D eigenvalue weighted by atomic mass is 16.5. The van der Waals surface area contributed by atoms with Gasteiger partial charge in [-0.25, -0.2) is 0 Å². The van der Waals surface area contributed by atoms with Gasteiger partial charge in [-0.15, -0.1) is 0 Å². The first kappa shape index (κ1) is 10.8. The lowest BCUT2D eigenvalue weighted by molar-refractivity contribution is -0.144. The van der Waals surface area contributed by atoms with E-state index in [0.29, 0.717) is 11.3 Å². The van der Waals surface area contributed by atoms with Gasteiger partial charge in [0.15, 0.2) is 11.4 Å². The number of hydrogen-bond acceptors (Lipinski definition) is 4. The van der Waals surface area contributed by atoms with Crippen LogP contribution >= 0.6 is 0 Å². The van der Waals surface area contributed by atoms with Gasteiger partial charge in [0.2, 0.25) is 5.78 Å². The van der Waals surface area contributed by atoms with Crippen LogP contribution in [0.4, 0.5) is 0 Å². The van der Waals surface area contributed by atoms with Gasteiger partial charge in [-0.3, -0.25) is 9.59 Å². The monoisotopic (exact) mass is 220 g/mol. The van der Waals surface area contributed by atoms with E-state index in [9.17, 15) is 14.7 Å². The van der Waals surface area contributed by atoms with Crippen LogP contribution in [0.5, 0.6) is 0 Å². The molecule has 0 bridgehead atoms. The Bertz CT molecular complexity index is 489. The molecule has 1 unspecified atom stereocenters. The Kier molecular flexibility index (Phi) is 2.13. The molecule has 0 spiro atoms. The Labute approximate surface area is 92.9 Å². The first-order valence-electron chi connectivity index (χ1n) is 4.94. The van der Waals surface area contributed by atoms with Crippen LogP contribution in [0.2, 0.25) is 0 Å². The molecule has 0 aromatic rings. The maximum Gasteiger partial charge on any atom is 0.205 e. The fraction of sp³-hybridized carbons (Fsp3) is 0.333. The Morgan fingerprint density at radius 1 is 1.25 bits per heavy atom. The summed E-state index contributed by atoms with van der Waals surface area (Å²) in [4.78, 5) is 23.5. The molecule has 0 radical (unpaired) electrons. The van der Waals surface area contributed by atoms with E-state index in [1.54, 1.807) is 13.8 Å². The third-order valence-electron chi connectivity index (χ3n) is 3.02. The number of ether oxygens (including phenoxy) is 1. The average Bonchev–Trinajstić information content (AvgIpc) is 2.22. The second-order valence-electron chi connectivity index (χ2n) is 4.15. The van der Waals surface area contributed by atoms with Crippen molar-refractivity contribution in [1.29, 1.82) is 0 Å². The molecule has 1 atom stereocenters. The largest absolute Gasteiger partial charge is 0.469 e. The third kappa shape index (κ3) is 1.27. The van der Waals surface area contributed by atoms with Crippen molar-refractivity contribution in [2.45, 2.75) is 26.4 Å². The van der Waals surface area contributed by atoms with E-state index in [4.69, 9.17) is 4.74 Å². The van der Waals surface area contributed by atoms with Gasteiger partial charge in [0.05, 0.1) is 5.57 Å². The molecule has 0 saturated carbocycles. The molecule has 0 aromatic carbocycles. The van der Waals surface area contributed by atoms with Crippen molar-refractivity contribution in [2.75, 3.05) is 0 Å². The molecular formula is C12H12O4. The molecule has 1 aliphatic carbocycles. The first-order valence-corrected chi connectivity index (χ1v) is 4.94. The standard InChI is InChI=1S/C12H12O4/c1-6-7(2)16-5-9-8(6)4-10(13)12(3,15)11(9)14/h4-5,15H,1-3H3. The zero-order valence-corrected chi connectivity index (χ0v) is 9.33. The molecule has 1 aliphatic heterocycles. The number of aliphatic hydroxyl groups is 1. The molecule has 16 heavy (non-hydrogen) atoms. The predicted octanol–water partition coefficient (Wildman–Crippen LogP) is 1.02. The number of allylic oxidation sites excluding steroid dienone is 3. The van der Waals surface area contributed by atoms with Crippen LogP contribution < -0.4 is 0 Å². The van der Waals surface area contributed by atoms with Crippen LogP contribution in [-0.2, 0) is 14.3 Å². The highest BCUT2D eigenvalue weighted by Crippen LogP contribution is 2.34. The van der Waals surface area contributed by atoms with E-state index in [1.807, 2.05) is 0 Å². The SMILES string of the molecule is CC1=C(C)C2=CC(=O)C(C)(O)C(=O)C2=CO1. The van der Waals surface area contributed by atoms with E-state index in [0.717, 1.165) is 5.57 Å². The molecule has 0 amide bonds. The van der Waals surface area contributed by atoms with Crippen molar-refractivity contribution in [3.05, 3.63) is 34.8 Å². The van der Waals surface area contributed by atoms with Crippen LogP contribution in [0, 0.1) is 0 Å². The summed E-state index contributed by atoms with van der Waals surface area (Å²) in [6.07, 6.45) is 2.59. The van der Waals surface area contributed by atoms with Crippen molar-refractivity contribution in [3.63, 3.8) is 0 Å². The molecule has 0 fully saturated rings. The number of carbonyl (C=O) groups excluding carboxylic acids is 2. The number of rotatable bonds is 0. The Morgan fingerprint density at radius 2 is 1.88 bits per heavy atom. The zero-order valence-electron chi connectivity index (χ0n) is 9.33. The first-order chi connectivity index (χ1) is 7.35. The Morgan fingerprint density at radius 3 is 2.50 bits per heavy atom. The Balaban J connectivity index is 2.62. The van der Waals surface area contributed by atoms with Gasteiger partial charge in [-0.2, -0.15) is 0 Å². The molecule has 1 N–H and O–H groups in total. The van der Waals surface area contributed by atoms with E-state index < -0.39 is 17.2 Å². The molecule has 2 rings (SSSR count). The predicted molar refractivity (Wildman–Crippen MR) is 56.3 cm³/mol. The van der Waals surface area contributed by atoms with Gasteiger partial charge in [0, 0.05) is 0 Å². The fourth-order valence-corrected chi connectivity index (χ4v) is 1.70. The normalized spacial score (nSPS) is 29.5. The second-order valence-corrected chi connectivity index (χ2v) is 4.15. The summed E-state index contributed by atoms with van der Waals surface area (Å²) in [5.41, 5.74) is -0.419. The number of ketones is 2. The van der Waals surface area contributed by atoms with Crippen molar-refractivity contribution in [1.82, 2.24) is 0 Å². The van der Waals surface area contributed by atoms with Crippen molar-refractivity contribution < 1.29 is 19.4 Å². The highest BCUT2D eigenvalue weighted by molar-refractivity contribution is 6.25. The minimum Gasteiger partial charge on any atom is -0.469 e. The summed E-state index contributed by atoms with van der Waals surface area (Å²) >= 11 is 0. The molecule has 4 nitrogen and oxygen atoms in total. The van der Waals surface area contributed by atoms with Crippen LogP contribution in [0.3, 0.4) is 0 Å². The van der Waals surface area contributed by atoms with Gasteiger partial charge in [-0.05, 0) is 38.0 Å². The number of hydrogen-bond donors (Lipinski definition) is 1. The summed E-state index contributed by atoms with van der Waals surface area (Å²) in [5, 5.41) is 9.75. The van der Waals surface area contributed by atoms with Crippen molar-refractivity contribution >= 4 is 11.6 Å². The van der Waals surface area contributed by atoms with Gasteiger partial charge in [0.25, 0.3) is 0 Å². The van der Waals surface area contributed by atoms with Gasteiger partial charge in [0.1, 0.15) is 12.0 Å². The lowest BCUT2D eigenvalue weighted by Crippen LogP contribution is -2.47. The smallest absolute Gasteiger partial charge is 0.205 e. The van der Waals surface area contributed by atoms with E-state index >= 15 is 0 Å². The molecule has 0 saturated heterocycles. The topological polar surface area (TPSA) is 63.6 Å². The lowest BCUT2D eigenvalue weighted by atomic mass is 9.78. The van der Waals surface area contributed by atoms with E-state index in [-0.39, 0.29) is 5.57 Å². The van der Waals surface area contributed by atoms with E-state index in [1.165, 1.54) is 19.3 Å². The number of Topliss-reactive ketones (excluding diaryl/α,β-unsaturated/α-hetero) is 1. The molecule has 1 heterocycles. The van der Waals surface area contributed by atoms with Gasteiger partial charge in [-0.1, -0.05) is 0 Å². The van der Waals surface area contributed by atoms with Crippen LogP contribution in [0.1, 0.15) is 20.8 Å². The number of fused-ring (bicyclic) bond motifs is 1. The molecule has 4 heteroatoms. The van der Waals surface area contributed by atoms with Gasteiger partial charge < -0.3 is 9.84 Å². The molecule has 84 valence electrons. The van der Waals surface area contributed by atoms with Gasteiger partial charge >= 0.3 is 0 Å². The van der Waals surface area contributed by atoms with E-state index in [2.05, 4.69) is 0 Å². The maximum absolute atomic E-state index is 11.9. The van der Waals surface area contributed by atoms with Crippen molar-refractivity contribution in [2.24, 2.45) is 0 Å². The zero-order chi connectivity index (χ0) is 12.1. The van der Waals surface area contributed by atoms with Crippen LogP contribution in [0.15, 0.2) is 34.8 Å². The number of carbonyl (C=O) groups is 2. The Hall–Kier alpha value is -1.68. The average molecular weight is 220 g/mol. The maximum atomic E-state index is 11.9. The highest BCUT2D eigenvalue weighted by Gasteiger charge is 2.45. The summed E-state index contributed by atoms with van der Waals surface area (Å²) < 4.78 is 5.19. The molecule has 2 aliphatic rings. The summed E-state index contributed by atoms with van der Waals surface area (Å²) in [6, 6.07) is 0. The fourth-order valence-electron chi connectivity index (χ4n) is 1.70. The van der Waals surface area contributed by atoms with Crippen molar-refractivity contribution in [3.8, 4) is 0 Å². The minimum absolute atomic E-state index is 0.257. The summed E-state index contributed by atoms with van der Waals surface area (Å²) in [5.74, 6) is -0.544. The second kappa shape index (κ2) is 3.15. The summed E-state index contributed by atoms with van der Waals surface area (Å²) in [7, 11) is 0. The molecular weight excluding hydrogens is 208 g/mol. The quantitative estimate of drug-likeness (QED) is 0.619. The van der Waals surface area contributed by atoms with Crippen LogP contribution in [0.25, 0.3) is 0 Å². The lowest BCUT2D eigenvalue weighted by Gasteiger charge is -2.29. The van der Waals surface area contributed by atoms with Crippen LogP contribution in [-0.4, -0.2) is 22.3 Å². The minimum atomic E-state index is -1.97.